The molecule has 1 saturated carbocycles. The lowest BCUT2D eigenvalue weighted by Crippen LogP contribution is -2.35. The van der Waals surface area contributed by atoms with Crippen LogP contribution in [-0.4, -0.2) is 18.2 Å². The van der Waals surface area contributed by atoms with E-state index in [-0.39, 0.29) is 5.60 Å². The van der Waals surface area contributed by atoms with Crippen LogP contribution in [0.15, 0.2) is 17.5 Å². The van der Waals surface area contributed by atoms with Gasteiger partial charge in [0.05, 0.1) is 11.7 Å². The Kier molecular flexibility index (Phi) is 4.25. The summed E-state index contributed by atoms with van der Waals surface area (Å²) < 4.78 is 6.40. The van der Waals surface area contributed by atoms with Gasteiger partial charge in [-0.1, -0.05) is 25.3 Å². The molecule has 1 saturated heterocycles. The number of ether oxygens (including phenoxy) is 1. The molecule has 2 fully saturated rings. The van der Waals surface area contributed by atoms with Crippen LogP contribution in [0.25, 0.3) is 0 Å². The highest BCUT2D eigenvalue weighted by atomic mass is 32.1. The zero-order chi connectivity index (χ0) is 13.1. The van der Waals surface area contributed by atoms with E-state index in [1.54, 1.807) is 0 Å². The van der Waals surface area contributed by atoms with Crippen LogP contribution in [0.1, 0.15) is 62.8 Å². The molecule has 1 aliphatic carbocycles. The lowest BCUT2D eigenvalue weighted by molar-refractivity contribution is -0.0628. The highest BCUT2D eigenvalue weighted by molar-refractivity contribution is 7.10. The maximum atomic E-state index is 6.40. The second-order valence-electron chi connectivity index (χ2n) is 6.17. The molecule has 3 heteroatoms. The molecule has 1 aromatic rings. The summed E-state index contributed by atoms with van der Waals surface area (Å²) in [6.07, 6.45) is 9.69. The number of hydrogen-bond acceptors (Lipinski definition) is 3. The normalized spacial score (nSPS) is 27.7. The predicted octanol–water partition coefficient (Wildman–Crippen LogP) is 4.28. The topological polar surface area (TPSA) is 21.3 Å². The molecular weight excluding hydrogens is 254 g/mol. The van der Waals surface area contributed by atoms with Gasteiger partial charge in [-0.15, -0.1) is 11.3 Å². The summed E-state index contributed by atoms with van der Waals surface area (Å²) in [5, 5.41) is 5.78. The van der Waals surface area contributed by atoms with Gasteiger partial charge in [0.1, 0.15) is 0 Å². The molecule has 2 nitrogen and oxygen atoms in total. The summed E-state index contributed by atoms with van der Waals surface area (Å²) >= 11 is 1.83. The molecule has 2 unspecified atom stereocenters. The van der Waals surface area contributed by atoms with Crippen molar-refractivity contribution < 1.29 is 4.74 Å². The van der Waals surface area contributed by atoms with Gasteiger partial charge in [0, 0.05) is 17.5 Å². The zero-order valence-corrected chi connectivity index (χ0v) is 12.7. The van der Waals surface area contributed by atoms with Crippen LogP contribution in [0.2, 0.25) is 0 Å². The lowest BCUT2D eigenvalue weighted by atomic mass is 9.83. The minimum absolute atomic E-state index is 0.261. The Balaban J connectivity index is 1.47. The van der Waals surface area contributed by atoms with Gasteiger partial charge in [0.2, 0.25) is 0 Å². The zero-order valence-electron chi connectivity index (χ0n) is 11.9. The van der Waals surface area contributed by atoms with E-state index in [1.165, 1.54) is 49.8 Å². The summed E-state index contributed by atoms with van der Waals surface area (Å²) in [4.78, 5) is 1.42. The Hall–Kier alpha value is -0.380. The molecule has 1 spiro atoms. The number of rotatable bonds is 4. The standard InChI is InChI=1S/C16H25NOS/c1-13(15-6-5-11-19-15)17-12-14-7-10-16(18-14)8-3-2-4-9-16/h5-6,11,13-14,17H,2-4,7-10,12H2,1H3. The van der Waals surface area contributed by atoms with Crippen LogP contribution in [-0.2, 0) is 4.74 Å². The molecular formula is C16H25NOS. The number of thiophene rings is 1. The second-order valence-corrected chi connectivity index (χ2v) is 7.15. The molecule has 19 heavy (non-hydrogen) atoms. The smallest absolute Gasteiger partial charge is 0.0708 e. The van der Waals surface area contributed by atoms with Crippen LogP contribution in [0.5, 0.6) is 0 Å². The van der Waals surface area contributed by atoms with Crippen LogP contribution in [0.4, 0.5) is 0 Å². The van der Waals surface area contributed by atoms with Crippen LogP contribution in [0, 0.1) is 0 Å². The molecule has 1 N–H and O–H groups in total. The lowest BCUT2D eigenvalue weighted by Gasteiger charge is -2.33. The molecule has 0 aromatic carbocycles. The highest BCUT2D eigenvalue weighted by Gasteiger charge is 2.40. The number of hydrogen-bond donors (Lipinski definition) is 1. The van der Waals surface area contributed by atoms with E-state index in [4.69, 9.17) is 4.74 Å². The molecule has 0 amide bonds. The van der Waals surface area contributed by atoms with Crippen molar-refractivity contribution in [3.8, 4) is 0 Å². The van der Waals surface area contributed by atoms with E-state index in [1.807, 2.05) is 11.3 Å². The van der Waals surface area contributed by atoms with Crippen LogP contribution >= 0.6 is 11.3 Å². The summed E-state index contributed by atoms with van der Waals surface area (Å²) in [6, 6.07) is 4.79. The molecule has 2 aliphatic rings. The first-order chi connectivity index (χ1) is 9.27. The van der Waals surface area contributed by atoms with E-state index in [0.29, 0.717) is 12.1 Å². The molecule has 3 rings (SSSR count). The summed E-state index contributed by atoms with van der Waals surface area (Å²) in [6.45, 7) is 3.25. The van der Waals surface area contributed by atoms with Crippen LogP contribution in [0.3, 0.4) is 0 Å². The quantitative estimate of drug-likeness (QED) is 0.888. The van der Waals surface area contributed by atoms with Crippen molar-refractivity contribution in [2.75, 3.05) is 6.54 Å². The van der Waals surface area contributed by atoms with Gasteiger partial charge in [-0.2, -0.15) is 0 Å². The molecule has 2 heterocycles. The third kappa shape index (κ3) is 3.21. The monoisotopic (exact) mass is 279 g/mol. The first-order valence-corrected chi connectivity index (χ1v) is 8.60. The highest BCUT2D eigenvalue weighted by Crippen LogP contribution is 2.41. The Morgan fingerprint density at radius 3 is 2.95 bits per heavy atom. The first-order valence-electron chi connectivity index (χ1n) is 7.72. The molecule has 1 aromatic heterocycles. The summed E-state index contributed by atoms with van der Waals surface area (Å²) in [7, 11) is 0. The minimum Gasteiger partial charge on any atom is -0.370 e. The minimum atomic E-state index is 0.261. The van der Waals surface area contributed by atoms with Crippen molar-refractivity contribution in [2.45, 2.75) is 69.6 Å². The van der Waals surface area contributed by atoms with Crippen LogP contribution < -0.4 is 5.32 Å². The van der Waals surface area contributed by atoms with Crippen molar-refractivity contribution in [2.24, 2.45) is 0 Å². The van der Waals surface area contributed by atoms with Crippen molar-refractivity contribution in [1.29, 1.82) is 0 Å². The van der Waals surface area contributed by atoms with Gasteiger partial charge in [-0.25, -0.2) is 0 Å². The van der Waals surface area contributed by atoms with Gasteiger partial charge in [0.15, 0.2) is 0 Å². The largest absolute Gasteiger partial charge is 0.370 e. The third-order valence-electron chi connectivity index (χ3n) is 4.73. The maximum absolute atomic E-state index is 6.40. The van der Waals surface area contributed by atoms with Gasteiger partial charge in [0.25, 0.3) is 0 Å². The fourth-order valence-corrected chi connectivity index (χ4v) is 4.31. The van der Waals surface area contributed by atoms with E-state index < -0.39 is 0 Å². The molecule has 1 aliphatic heterocycles. The third-order valence-corrected chi connectivity index (χ3v) is 5.78. The molecule has 106 valence electrons. The first kappa shape index (κ1) is 13.6. The van der Waals surface area contributed by atoms with E-state index in [9.17, 15) is 0 Å². The van der Waals surface area contributed by atoms with Gasteiger partial charge >= 0.3 is 0 Å². The van der Waals surface area contributed by atoms with Crippen molar-refractivity contribution in [3.05, 3.63) is 22.4 Å². The van der Waals surface area contributed by atoms with Gasteiger partial charge in [-0.05, 0) is 44.1 Å². The van der Waals surface area contributed by atoms with Crippen molar-refractivity contribution in [3.63, 3.8) is 0 Å². The SMILES string of the molecule is CC(NCC1CCC2(CCCCC2)O1)c1cccs1. The van der Waals surface area contributed by atoms with Gasteiger partial charge < -0.3 is 10.1 Å². The summed E-state index contributed by atoms with van der Waals surface area (Å²) in [5.74, 6) is 0. The Morgan fingerprint density at radius 1 is 1.37 bits per heavy atom. The average Bonchev–Trinajstić information content (AvgIpc) is 3.08. The molecule has 0 radical (unpaired) electrons. The Morgan fingerprint density at radius 2 is 2.21 bits per heavy atom. The van der Waals surface area contributed by atoms with Crippen molar-refractivity contribution in [1.82, 2.24) is 5.32 Å². The van der Waals surface area contributed by atoms with E-state index in [0.717, 1.165) is 6.54 Å². The second kappa shape index (κ2) is 5.94. The van der Waals surface area contributed by atoms with Gasteiger partial charge in [-0.3, -0.25) is 0 Å². The number of nitrogens with one attached hydrogen (secondary N) is 1. The molecule has 2 atom stereocenters. The van der Waals surface area contributed by atoms with E-state index >= 15 is 0 Å². The summed E-state index contributed by atoms with van der Waals surface area (Å²) in [5.41, 5.74) is 0.261. The Labute approximate surface area is 120 Å². The Bertz CT molecular complexity index is 383. The maximum Gasteiger partial charge on any atom is 0.0708 e. The predicted molar refractivity (Wildman–Crippen MR) is 80.7 cm³/mol. The molecule has 0 bridgehead atoms. The van der Waals surface area contributed by atoms with Crippen molar-refractivity contribution >= 4 is 11.3 Å². The fourth-order valence-electron chi connectivity index (χ4n) is 3.55. The fraction of sp³-hybridized carbons (Fsp3) is 0.750. The van der Waals surface area contributed by atoms with E-state index in [2.05, 4.69) is 29.8 Å². The average molecular weight is 279 g/mol.